The van der Waals surface area contributed by atoms with E-state index < -0.39 is 0 Å². The lowest BCUT2D eigenvalue weighted by molar-refractivity contribution is 0.336. The Morgan fingerprint density at radius 2 is 2.18 bits per heavy atom. The summed E-state index contributed by atoms with van der Waals surface area (Å²) >= 11 is 0. The van der Waals surface area contributed by atoms with Crippen LogP contribution >= 0.6 is 0 Å². The number of hydrogen-bond acceptors (Lipinski definition) is 1. The van der Waals surface area contributed by atoms with Crippen molar-refractivity contribution in [2.75, 3.05) is 0 Å². The van der Waals surface area contributed by atoms with Crippen LogP contribution in [-0.4, -0.2) is 10.6 Å². The molecule has 3 rings (SSSR count). The average Bonchev–Trinajstić information content (AvgIpc) is 2.55. The molecule has 1 saturated carbocycles. The second-order valence-electron chi connectivity index (χ2n) is 5.22. The summed E-state index contributed by atoms with van der Waals surface area (Å²) in [5.74, 6) is 0. The summed E-state index contributed by atoms with van der Waals surface area (Å²) in [7, 11) is 2.17. The van der Waals surface area contributed by atoms with Gasteiger partial charge in [-0.25, -0.2) is 0 Å². The maximum atomic E-state index is 3.64. The van der Waals surface area contributed by atoms with E-state index >= 15 is 0 Å². The van der Waals surface area contributed by atoms with Gasteiger partial charge in [-0.05, 0) is 31.4 Å². The molecule has 1 heterocycles. The van der Waals surface area contributed by atoms with E-state index in [0.717, 1.165) is 12.6 Å². The highest BCUT2D eigenvalue weighted by Gasteiger charge is 2.17. The Hall–Kier alpha value is -1.28. The SMILES string of the molecule is Cc1cccc2cc(CNC3CCC3)n(C)c12. The van der Waals surface area contributed by atoms with Gasteiger partial charge in [0.15, 0.2) is 0 Å². The van der Waals surface area contributed by atoms with Crippen LogP contribution in [0.5, 0.6) is 0 Å². The topological polar surface area (TPSA) is 17.0 Å². The van der Waals surface area contributed by atoms with Crippen molar-refractivity contribution in [2.24, 2.45) is 7.05 Å². The van der Waals surface area contributed by atoms with Crippen LogP contribution in [-0.2, 0) is 13.6 Å². The number of fused-ring (bicyclic) bond motifs is 1. The van der Waals surface area contributed by atoms with Crippen LogP contribution in [0, 0.1) is 6.92 Å². The van der Waals surface area contributed by atoms with Crippen LogP contribution in [0.15, 0.2) is 24.3 Å². The lowest BCUT2D eigenvalue weighted by Gasteiger charge is -2.26. The van der Waals surface area contributed by atoms with Crippen molar-refractivity contribution in [3.8, 4) is 0 Å². The fourth-order valence-corrected chi connectivity index (χ4v) is 2.71. The van der Waals surface area contributed by atoms with Gasteiger partial charge in [-0.3, -0.25) is 0 Å². The highest BCUT2D eigenvalue weighted by Crippen LogP contribution is 2.23. The van der Waals surface area contributed by atoms with E-state index in [0.29, 0.717) is 0 Å². The molecule has 0 atom stereocenters. The minimum absolute atomic E-state index is 0.758. The predicted octanol–water partition coefficient (Wildman–Crippen LogP) is 3.13. The minimum Gasteiger partial charge on any atom is -0.346 e. The van der Waals surface area contributed by atoms with Gasteiger partial charge in [0.05, 0.1) is 5.52 Å². The first-order valence-electron chi connectivity index (χ1n) is 6.53. The zero-order chi connectivity index (χ0) is 11.8. The Balaban J connectivity index is 1.88. The Kier molecular flexibility index (Phi) is 2.67. The first-order chi connectivity index (χ1) is 8.25. The van der Waals surface area contributed by atoms with Crippen LogP contribution in [0.25, 0.3) is 10.9 Å². The summed E-state index contributed by atoms with van der Waals surface area (Å²) in [5.41, 5.74) is 4.12. The fraction of sp³-hybridized carbons (Fsp3) is 0.467. The molecule has 0 saturated heterocycles. The zero-order valence-corrected chi connectivity index (χ0v) is 10.7. The number of aromatic nitrogens is 1. The van der Waals surface area contributed by atoms with Crippen molar-refractivity contribution in [1.29, 1.82) is 0 Å². The Labute approximate surface area is 103 Å². The van der Waals surface area contributed by atoms with Crippen molar-refractivity contribution < 1.29 is 0 Å². The van der Waals surface area contributed by atoms with E-state index in [-0.39, 0.29) is 0 Å². The Morgan fingerprint density at radius 1 is 1.35 bits per heavy atom. The number of rotatable bonds is 3. The third-order valence-electron chi connectivity index (χ3n) is 4.03. The van der Waals surface area contributed by atoms with E-state index in [4.69, 9.17) is 0 Å². The summed E-state index contributed by atoms with van der Waals surface area (Å²) in [4.78, 5) is 0. The predicted molar refractivity (Wildman–Crippen MR) is 72.1 cm³/mol. The third kappa shape index (κ3) is 1.87. The van der Waals surface area contributed by atoms with Crippen molar-refractivity contribution in [1.82, 2.24) is 9.88 Å². The van der Waals surface area contributed by atoms with E-state index in [1.54, 1.807) is 0 Å². The summed E-state index contributed by atoms with van der Waals surface area (Å²) in [6.45, 7) is 3.18. The maximum absolute atomic E-state index is 3.64. The van der Waals surface area contributed by atoms with Crippen LogP contribution in [0.4, 0.5) is 0 Å². The van der Waals surface area contributed by atoms with Gasteiger partial charge in [-0.2, -0.15) is 0 Å². The molecule has 0 radical (unpaired) electrons. The maximum Gasteiger partial charge on any atom is 0.0510 e. The van der Waals surface area contributed by atoms with Crippen molar-refractivity contribution in [2.45, 2.75) is 38.8 Å². The minimum atomic E-state index is 0.758. The molecule has 0 amide bonds. The van der Waals surface area contributed by atoms with E-state index in [1.807, 2.05) is 0 Å². The molecule has 2 heteroatoms. The largest absolute Gasteiger partial charge is 0.346 e. The Bertz CT molecular complexity index is 535. The molecule has 90 valence electrons. The molecule has 1 fully saturated rings. The summed E-state index contributed by atoms with van der Waals surface area (Å²) in [6.07, 6.45) is 4.10. The summed E-state index contributed by atoms with van der Waals surface area (Å²) < 4.78 is 2.33. The van der Waals surface area contributed by atoms with Gasteiger partial charge >= 0.3 is 0 Å². The van der Waals surface area contributed by atoms with Crippen molar-refractivity contribution in [3.63, 3.8) is 0 Å². The molecule has 1 aromatic heterocycles. The molecule has 2 nitrogen and oxygen atoms in total. The van der Waals surface area contributed by atoms with Crippen LogP contribution in [0.3, 0.4) is 0 Å². The second kappa shape index (κ2) is 4.19. The molecule has 0 spiro atoms. The molecule has 1 aliphatic carbocycles. The van der Waals surface area contributed by atoms with Crippen LogP contribution < -0.4 is 5.32 Å². The molecular formula is C15H20N2. The van der Waals surface area contributed by atoms with Gasteiger partial charge in [0.1, 0.15) is 0 Å². The van der Waals surface area contributed by atoms with Gasteiger partial charge < -0.3 is 9.88 Å². The van der Waals surface area contributed by atoms with Gasteiger partial charge in [0.25, 0.3) is 0 Å². The summed E-state index contributed by atoms with van der Waals surface area (Å²) in [6, 6.07) is 9.60. The summed E-state index contributed by atoms with van der Waals surface area (Å²) in [5, 5.41) is 4.99. The van der Waals surface area contributed by atoms with E-state index in [1.165, 1.54) is 41.4 Å². The molecule has 0 unspecified atom stereocenters. The van der Waals surface area contributed by atoms with Gasteiger partial charge in [-0.15, -0.1) is 0 Å². The molecule has 0 aliphatic heterocycles. The molecule has 2 aromatic rings. The molecule has 17 heavy (non-hydrogen) atoms. The number of nitrogens with zero attached hydrogens (tertiary/aromatic N) is 1. The third-order valence-corrected chi connectivity index (χ3v) is 4.03. The smallest absolute Gasteiger partial charge is 0.0510 e. The zero-order valence-electron chi connectivity index (χ0n) is 10.7. The van der Waals surface area contributed by atoms with Gasteiger partial charge in [-0.1, -0.05) is 24.6 Å². The highest BCUT2D eigenvalue weighted by atomic mass is 15.0. The fourth-order valence-electron chi connectivity index (χ4n) is 2.71. The first-order valence-corrected chi connectivity index (χ1v) is 6.53. The molecule has 1 aromatic carbocycles. The lowest BCUT2D eigenvalue weighted by Crippen LogP contribution is -2.34. The van der Waals surface area contributed by atoms with E-state index in [2.05, 4.69) is 48.1 Å². The molecule has 1 aliphatic rings. The number of benzene rings is 1. The highest BCUT2D eigenvalue weighted by molar-refractivity contribution is 5.84. The van der Waals surface area contributed by atoms with Gasteiger partial charge in [0.2, 0.25) is 0 Å². The van der Waals surface area contributed by atoms with Crippen molar-refractivity contribution in [3.05, 3.63) is 35.5 Å². The van der Waals surface area contributed by atoms with Crippen molar-refractivity contribution >= 4 is 10.9 Å². The average molecular weight is 228 g/mol. The number of nitrogens with one attached hydrogen (secondary N) is 1. The lowest BCUT2D eigenvalue weighted by atomic mass is 9.93. The quantitative estimate of drug-likeness (QED) is 0.854. The standard InChI is InChI=1S/C15H20N2/c1-11-5-3-6-12-9-14(17(2)15(11)12)10-16-13-7-4-8-13/h3,5-6,9,13,16H,4,7-8,10H2,1-2H3. The first kappa shape index (κ1) is 10.8. The van der Waals surface area contributed by atoms with Crippen LogP contribution in [0.1, 0.15) is 30.5 Å². The molecule has 1 N–H and O–H groups in total. The monoisotopic (exact) mass is 228 g/mol. The number of hydrogen-bond donors (Lipinski definition) is 1. The Morgan fingerprint density at radius 3 is 2.82 bits per heavy atom. The van der Waals surface area contributed by atoms with Crippen LogP contribution in [0.2, 0.25) is 0 Å². The second-order valence-corrected chi connectivity index (χ2v) is 5.22. The van der Waals surface area contributed by atoms with E-state index in [9.17, 15) is 0 Å². The number of para-hydroxylation sites is 1. The molecular weight excluding hydrogens is 208 g/mol. The number of aryl methyl sites for hydroxylation is 2. The van der Waals surface area contributed by atoms with Gasteiger partial charge in [0, 0.05) is 30.7 Å². The normalized spacial score (nSPS) is 16.4. The molecule has 0 bridgehead atoms.